The standard InChI is InChI=1S/C12H12O3/c1-2-6-11(12(13)14)15-9-10-7-4-3-5-8-10/h1,3-5,7-8,11H,6,9H2,(H,13,14)/t11-/m0/s1. The van der Waals surface area contributed by atoms with Crippen LogP contribution in [0.1, 0.15) is 12.0 Å². The molecule has 0 amide bonds. The zero-order valence-electron chi connectivity index (χ0n) is 8.22. The second-order valence-electron chi connectivity index (χ2n) is 3.03. The number of aliphatic carboxylic acids is 1. The molecule has 0 aliphatic rings. The van der Waals surface area contributed by atoms with Gasteiger partial charge in [0.25, 0.3) is 0 Å². The van der Waals surface area contributed by atoms with Crippen LogP contribution in [-0.2, 0) is 16.1 Å². The van der Waals surface area contributed by atoms with Crippen LogP contribution in [0.25, 0.3) is 0 Å². The Kier molecular flexibility index (Phi) is 4.39. The molecule has 0 unspecified atom stereocenters. The molecule has 0 aromatic heterocycles. The highest BCUT2D eigenvalue weighted by Crippen LogP contribution is 2.05. The molecule has 1 aromatic rings. The van der Waals surface area contributed by atoms with Crippen molar-refractivity contribution in [1.82, 2.24) is 0 Å². The van der Waals surface area contributed by atoms with Crippen LogP contribution in [-0.4, -0.2) is 17.2 Å². The minimum absolute atomic E-state index is 0.0855. The van der Waals surface area contributed by atoms with Crippen LogP contribution < -0.4 is 0 Å². The van der Waals surface area contributed by atoms with Crippen LogP contribution in [0.2, 0.25) is 0 Å². The number of carboxylic acid groups (broad SMARTS) is 1. The van der Waals surface area contributed by atoms with E-state index in [2.05, 4.69) is 5.92 Å². The van der Waals surface area contributed by atoms with E-state index in [-0.39, 0.29) is 13.0 Å². The van der Waals surface area contributed by atoms with E-state index in [1.807, 2.05) is 30.3 Å². The summed E-state index contributed by atoms with van der Waals surface area (Å²) in [6.07, 6.45) is 4.21. The van der Waals surface area contributed by atoms with Crippen LogP contribution in [0, 0.1) is 12.3 Å². The summed E-state index contributed by atoms with van der Waals surface area (Å²) < 4.78 is 5.19. The van der Waals surface area contributed by atoms with Gasteiger partial charge >= 0.3 is 5.97 Å². The van der Waals surface area contributed by atoms with Crippen LogP contribution in [0.15, 0.2) is 30.3 Å². The lowest BCUT2D eigenvalue weighted by molar-refractivity contribution is -0.150. The van der Waals surface area contributed by atoms with Gasteiger partial charge in [-0.15, -0.1) is 12.3 Å². The molecular formula is C12H12O3. The van der Waals surface area contributed by atoms with Crippen molar-refractivity contribution < 1.29 is 14.6 Å². The lowest BCUT2D eigenvalue weighted by Gasteiger charge is -2.10. The van der Waals surface area contributed by atoms with E-state index in [0.29, 0.717) is 0 Å². The molecule has 1 aromatic carbocycles. The minimum atomic E-state index is -1.02. The van der Waals surface area contributed by atoms with E-state index < -0.39 is 12.1 Å². The van der Waals surface area contributed by atoms with Gasteiger partial charge in [-0.3, -0.25) is 0 Å². The van der Waals surface area contributed by atoms with E-state index in [1.54, 1.807) is 0 Å². The quantitative estimate of drug-likeness (QED) is 0.742. The first-order valence-electron chi connectivity index (χ1n) is 4.56. The lowest BCUT2D eigenvalue weighted by Crippen LogP contribution is -2.23. The first-order valence-corrected chi connectivity index (χ1v) is 4.56. The van der Waals surface area contributed by atoms with Gasteiger partial charge in [0.15, 0.2) is 6.10 Å². The summed E-state index contributed by atoms with van der Waals surface area (Å²) in [5, 5.41) is 8.76. The number of hydrogen-bond donors (Lipinski definition) is 1. The predicted molar refractivity (Wildman–Crippen MR) is 56.1 cm³/mol. The first kappa shape index (κ1) is 11.3. The molecule has 0 saturated carbocycles. The van der Waals surface area contributed by atoms with Crippen molar-refractivity contribution in [3.8, 4) is 12.3 Å². The van der Waals surface area contributed by atoms with Crippen molar-refractivity contribution in [2.75, 3.05) is 0 Å². The minimum Gasteiger partial charge on any atom is -0.479 e. The van der Waals surface area contributed by atoms with Gasteiger partial charge in [0.2, 0.25) is 0 Å². The Labute approximate surface area is 88.7 Å². The topological polar surface area (TPSA) is 46.5 Å². The maximum Gasteiger partial charge on any atom is 0.333 e. The molecule has 0 aliphatic heterocycles. The third kappa shape index (κ3) is 3.84. The molecule has 1 atom stereocenters. The zero-order chi connectivity index (χ0) is 11.1. The van der Waals surface area contributed by atoms with Gasteiger partial charge in [0, 0.05) is 6.42 Å². The fourth-order valence-electron chi connectivity index (χ4n) is 1.10. The largest absolute Gasteiger partial charge is 0.479 e. The smallest absolute Gasteiger partial charge is 0.333 e. The van der Waals surface area contributed by atoms with Gasteiger partial charge in [-0.25, -0.2) is 4.79 Å². The highest BCUT2D eigenvalue weighted by Gasteiger charge is 2.16. The highest BCUT2D eigenvalue weighted by molar-refractivity contribution is 5.72. The van der Waals surface area contributed by atoms with E-state index in [9.17, 15) is 4.79 Å². The summed E-state index contributed by atoms with van der Waals surface area (Å²) >= 11 is 0. The molecule has 3 heteroatoms. The van der Waals surface area contributed by atoms with Gasteiger partial charge in [0.1, 0.15) is 0 Å². The summed E-state index contributed by atoms with van der Waals surface area (Å²) in [5.41, 5.74) is 0.931. The Morgan fingerprint density at radius 1 is 1.47 bits per heavy atom. The molecule has 0 spiro atoms. The number of hydrogen-bond acceptors (Lipinski definition) is 2. The molecule has 0 heterocycles. The van der Waals surface area contributed by atoms with Gasteiger partial charge in [-0.2, -0.15) is 0 Å². The van der Waals surface area contributed by atoms with Crippen molar-refractivity contribution in [3.05, 3.63) is 35.9 Å². The molecule has 0 bridgehead atoms. The second kappa shape index (κ2) is 5.84. The molecule has 15 heavy (non-hydrogen) atoms. The summed E-state index contributed by atoms with van der Waals surface area (Å²) in [4.78, 5) is 10.7. The molecule has 0 aliphatic carbocycles. The molecule has 0 saturated heterocycles. The van der Waals surface area contributed by atoms with Crippen molar-refractivity contribution in [2.24, 2.45) is 0 Å². The van der Waals surface area contributed by atoms with Crippen molar-refractivity contribution in [3.63, 3.8) is 0 Å². The van der Waals surface area contributed by atoms with Crippen LogP contribution >= 0.6 is 0 Å². The summed E-state index contributed by atoms with van der Waals surface area (Å²) in [6.45, 7) is 0.263. The third-order valence-electron chi connectivity index (χ3n) is 1.87. The molecule has 1 rings (SSSR count). The average Bonchev–Trinajstić information content (AvgIpc) is 2.25. The summed E-state index contributed by atoms with van der Waals surface area (Å²) in [6, 6.07) is 9.37. The van der Waals surface area contributed by atoms with Gasteiger partial charge in [-0.1, -0.05) is 30.3 Å². The van der Waals surface area contributed by atoms with Gasteiger partial charge in [-0.05, 0) is 5.56 Å². The van der Waals surface area contributed by atoms with Gasteiger partial charge in [0.05, 0.1) is 6.61 Å². The van der Waals surface area contributed by atoms with Crippen LogP contribution in [0.4, 0.5) is 0 Å². The average molecular weight is 204 g/mol. The van der Waals surface area contributed by atoms with E-state index in [0.717, 1.165) is 5.56 Å². The number of terminal acetylenes is 1. The summed E-state index contributed by atoms with van der Waals surface area (Å²) in [7, 11) is 0. The number of carboxylic acids is 1. The van der Waals surface area contributed by atoms with E-state index in [1.165, 1.54) is 0 Å². The zero-order valence-corrected chi connectivity index (χ0v) is 8.22. The maximum atomic E-state index is 10.7. The van der Waals surface area contributed by atoms with Gasteiger partial charge < -0.3 is 9.84 Å². The first-order chi connectivity index (χ1) is 7.24. The number of rotatable bonds is 5. The summed E-state index contributed by atoms with van der Waals surface area (Å²) in [5.74, 6) is 1.26. The number of ether oxygens (including phenoxy) is 1. The van der Waals surface area contributed by atoms with E-state index >= 15 is 0 Å². The molecule has 0 fully saturated rings. The van der Waals surface area contributed by atoms with Crippen LogP contribution in [0.5, 0.6) is 0 Å². The molecular weight excluding hydrogens is 192 g/mol. The molecule has 3 nitrogen and oxygen atoms in total. The fraction of sp³-hybridized carbons (Fsp3) is 0.250. The normalized spacial score (nSPS) is 11.7. The molecule has 1 N–H and O–H groups in total. The second-order valence-corrected chi connectivity index (χ2v) is 3.03. The Hall–Kier alpha value is -1.79. The maximum absolute atomic E-state index is 10.7. The van der Waals surface area contributed by atoms with Crippen molar-refractivity contribution >= 4 is 5.97 Å². The monoisotopic (exact) mass is 204 g/mol. The van der Waals surface area contributed by atoms with E-state index in [4.69, 9.17) is 16.3 Å². The Morgan fingerprint density at radius 2 is 2.13 bits per heavy atom. The Morgan fingerprint density at radius 3 is 2.67 bits per heavy atom. The SMILES string of the molecule is C#CC[C@H](OCc1ccccc1)C(=O)O. The van der Waals surface area contributed by atoms with Crippen molar-refractivity contribution in [2.45, 2.75) is 19.1 Å². The number of benzene rings is 1. The fourth-order valence-corrected chi connectivity index (χ4v) is 1.10. The number of carbonyl (C=O) groups is 1. The molecule has 78 valence electrons. The molecule has 0 radical (unpaired) electrons. The lowest BCUT2D eigenvalue weighted by atomic mass is 10.2. The van der Waals surface area contributed by atoms with Crippen LogP contribution in [0.3, 0.4) is 0 Å². The highest BCUT2D eigenvalue weighted by atomic mass is 16.5. The van der Waals surface area contributed by atoms with Crippen molar-refractivity contribution in [1.29, 1.82) is 0 Å². The third-order valence-corrected chi connectivity index (χ3v) is 1.87. The predicted octanol–water partition coefficient (Wildman–Crippen LogP) is 1.68. The Balaban J connectivity index is 2.48. The Bertz CT molecular complexity index is 351.